The van der Waals surface area contributed by atoms with Gasteiger partial charge in [-0.3, -0.25) is 4.79 Å². The van der Waals surface area contributed by atoms with Gasteiger partial charge in [-0.2, -0.15) is 0 Å². The van der Waals surface area contributed by atoms with Gasteiger partial charge in [-0.25, -0.2) is 0 Å². The number of aryl methyl sites for hydroxylation is 1. The molecule has 1 N–H and O–H groups in total. The van der Waals surface area contributed by atoms with Crippen LogP contribution in [0.15, 0.2) is 30.3 Å². The minimum Gasteiger partial charge on any atom is -0.481 e. The summed E-state index contributed by atoms with van der Waals surface area (Å²) in [4.78, 5) is 10.8. The Kier molecular flexibility index (Phi) is 10.5. The summed E-state index contributed by atoms with van der Waals surface area (Å²) < 4.78 is 0. The van der Waals surface area contributed by atoms with Crippen LogP contribution >= 0.6 is 0 Å². The molecule has 2 heteroatoms. The number of aliphatic carboxylic acids is 1. The maximum absolute atomic E-state index is 10.8. The van der Waals surface area contributed by atoms with Crippen LogP contribution in [0.1, 0.15) is 90.0 Å². The minimum absolute atomic E-state index is 0.0510. The van der Waals surface area contributed by atoms with Gasteiger partial charge in [0.2, 0.25) is 0 Å². The monoisotopic (exact) mass is 332 g/mol. The number of carbonyl (C=O) groups is 1. The van der Waals surface area contributed by atoms with Crippen molar-refractivity contribution in [2.75, 3.05) is 0 Å². The molecule has 1 aromatic carbocycles. The molecule has 0 atom stereocenters. The highest BCUT2D eigenvalue weighted by atomic mass is 16.4. The molecule has 0 spiro atoms. The Labute approximate surface area is 148 Å². The van der Waals surface area contributed by atoms with E-state index in [1.165, 1.54) is 63.4 Å². The third-order valence-electron chi connectivity index (χ3n) is 4.79. The Balaban J connectivity index is 1.86. The highest BCUT2D eigenvalue weighted by molar-refractivity contribution is 5.67. The van der Waals surface area contributed by atoms with Crippen molar-refractivity contribution >= 4 is 5.97 Å². The summed E-state index contributed by atoms with van der Waals surface area (Å²) in [7, 11) is 0. The van der Waals surface area contributed by atoms with E-state index < -0.39 is 5.97 Å². The zero-order valence-corrected chi connectivity index (χ0v) is 15.7. The topological polar surface area (TPSA) is 37.3 Å². The Bertz CT molecular complexity index is 437. The normalized spacial score (nSPS) is 11.6. The number of carboxylic acid groups (broad SMARTS) is 1. The van der Waals surface area contributed by atoms with Gasteiger partial charge >= 0.3 is 5.97 Å². The first-order valence-corrected chi connectivity index (χ1v) is 9.75. The fraction of sp³-hybridized carbons (Fsp3) is 0.682. The molecule has 0 saturated heterocycles. The van der Waals surface area contributed by atoms with Crippen LogP contribution in [0.3, 0.4) is 0 Å². The quantitative estimate of drug-likeness (QED) is 0.388. The molecule has 0 heterocycles. The van der Waals surface area contributed by atoms with Crippen molar-refractivity contribution in [3.63, 3.8) is 0 Å². The molecule has 1 aromatic rings. The van der Waals surface area contributed by atoms with E-state index in [1.807, 2.05) is 0 Å². The Morgan fingerprint density at radius 2 is 1.33 bits per heavy atom. The van der Waals surface area contributed by atoms with Gasteiger partial charge in [0, 0.05) is 0 Å². The Hall–Kier alpha value is -1.31. The molecule has 0 bridgehead atoms. The minimum atomic E-state index is -0.674. The maximum Gasteiger partial charge on any atom is 0.303 e. The summed E-state index contributed by atoms with van der Waals surface area (Å²) in [6.07, 6.45) is 14.3. The lowest BCUT2D eigenvalue weighted by atomic mass is 9.83. The number of hydrogen-bond acceptors (Lipinski definition) is 1. The number of benzene rings is 1. The summed E-state index contributed by atoms with van der Waals surface area (Å²) >= 11 is 0. The average molecular weight is 333 g/mol. The molecule has 0 aliphatic rings. The summed E-state index contributed by atoms with van der Waals surface area (Å²) in [5, 5.41) is 8.88. The van der Waals surface area contributed by atoms with Crippen molar-refractivity contribution in [1.29, 1.82) is 0 Å². The van der Waals surface area contributed by atoms with Crippen LogP contribution in [0.25, 0.3) is 0 Å². The molecule has 0 saturated carbocycles. The molecule has 136 valence electrons. The van der Waals surface area contributed by atoms with Crippen LogP contribution in [0.4, 0.5) is 0 Å². The van der Waals surface area contributed by atoms with E-state index in [0.717, 1.165) is 12.8 Å². The molecule has 0 unspecified atom stereocenters. The Morgan fingerprint density at radius 1 is 0.833 bits per heavy atom. The smallest absolute Gasteiger partial charge is 0.303 e. The predicted molar refractivity (Wildman–Crippen MR) is 102 cm³/mol. The van der Waals surface area contributed by atoms with Crippen LogP contribution in [-0.4, -0.2) is 11.1 Å². The second-order valence-electron chi connectivity index (χ2n) is 7.90. The Morgan fingerprint density at radius 3 is 1.88 bits per heavy atom. The second-order valence-corrected chi connectivity index (χ2v) is 7.90. The van der Waals surface area contributed by atoms with Crippen LogP contribution < -0.4 is 0 Å². The first-order chi connectivity index (χ1) is 11.5. The van der Waals surface area contributed by atoms with E-state index in [2.05, 4.69) is 44.2 Å². The van der Waals surface area contributed by atoms with Crippen LogP contribution in [-0.2, 0) is 11.2 Å². The molecule has 0 fully saturated rings. The third-order valence-corrected chi connectivity index (χ3v) is 4.79. The predicted octanol–water partition coefficient (Wildman–Crippen LogP) is 6.63. The lowest BCUT2D eigenvalue weighted by Crippen LogP contribution is -2.16. The molecule has 0 radical (unpaired) electrons. The molecule has 0 aliphatic carbocycles. The highest BCUT2D eigenvalue weighted by Crippen LogP contribution is 2.28. The van der Waals surface area contributed by atoms with Crippen molar-refractivity contribution < 1.29 is 9.90 Å². The summed E-state index contributed by atoms with van der Waals surface area (Å²) in [6, 6.07) is 10.8. The van der Waals surface area contributed by atoms with E-state index in [1.54, 1.807) is 0 Å². The van der Waals surface area contributed by atoms with Crippen molar-refractivity contribution in [3.8, 4) is 0 Å². The van der Waals surface area contributed by atoms with E-state index in [4.69, 9.17) is 5.11 Å². The summed E-state index contributed by atoms with van der Waals surface area (Å²) in [5.74, 6) is -0.674. The van der Waals surface area contributed by atoms with Gasteiger partial charge in [-0.1, -0.05) is 95.5 Å². The van der Waals surface area contributed by atoms with Gasteiger partial charge in [0.25, 0.3) is 0 Å². The van der Waals surface area contributed by atoms with E-state index >= 15 is 0 Å². The average Bonchev–Trinajstić information content (AvgIpc) is 2.52. The highest BCUT2D eigenvalue weighted by Gasteiger charge is 2.20. The zero-order chi connectivity index (χ0) is 17.7. The van der Waals surface area contributed by atoms with Gasteiger partial charge < -0.3 is 5.11 Å². The van der Waals surface area contributed by atoms with E-state index in [-0.39, 0.29) is 11.8 Å². The first-order valence-electron chi connectivity index (χ1n) is 9.75. The third kappa shape index (κ3) is 11.3. The maximum atomic E-state index is 10.8. The molecule has 24 heavy (non-hydrogen) atoms. The number of unbranched alkanes of at least 4 members (excludes halogenated alkanes) is 8. The summed E-state index contributed by atoms with van der Waals surface area (Å²) in [5.41, 5.74) is 1.41. The largest absolute Gasteiger partial charge is 0.481 e. The number of hydrogen-bond donors (Lipinski definition) is 1. The fourth-order valence-electron chi connectivity index (χ4n) is 3.31. The fourth-order valence-corrected chi connectivity index (χ4v) is 3.31. The first kappa shape index (κ1) is 20.7. The number of rotatable bonds is 14. The van der Waals surface area contributed by atoms with Crippen LogP contribution in [0.5, 0.6) is 0 Å². The lowest BCUT2D eigenvalue weighted by molar-refractivity contribution is -0.139. The van der Waals surface area contributed by atoms with Crippen LogP contribution in [0, 0.1) is 5.41 Å². The summed E-state index contributed by atoms with van der Waals surface area (Å²) in [6.45, 7) is 4.13. The van der Waals surface area contributed by atoms with Crippen molar-refractivity contribution in [2.45, 2.75) is 90.9 Å². The van der Waals surface area contributed by atoms with Crippen molar-refractivity contribution in [3.05, 3.63) is 35.9 Å². The lowest BCUT2D eigenvalue weighted by Gasteiger charge is -2.21. The van der Waals surface area contributed by atoms with Gasteiger partial charge in [0.05, 0.1) is 6.42 Å². The molecule has 2 nitrogen and oxygen atoms in total. The number of carboxylic acids is 1. The standard InChI is InChI=1S/C22H36O2/c1-22(2,19-21(23)24)18-14-9-7-5-3-4-6-8-11-15-20-16-12-10-13-17-20/h10,12-13,16-17H,3-9,11,14-15,18-19H2,1-2H3,(H,23,24). The van der Waals surface area contributed by atoms with Crippen LogP contribution in [0.2, 0.25) is 0 Å². The van der Waals surface area contributed by atoms with E-state index in [9.17, 15) is 4.79 Å². The van der Waals surface area contributed by atoms with E-state index in [0.29, 0.717) is 0 Å². The van der Waals surface area contributed by atoms with Gasteiger partial charge in [0.15, 0.2) is 0 Å². The molecular formula is C22H36O2. The zero-order valence-electron chi connectivity index (χ0n) is 15.7. The van der Waals surface area contributed by atoms with Gasteiger partial charge in [0.1, 0.15) is 0 Å². The molecule has 0 amide bonds. The van der Waals surface area contributed by atoms with Gasteiger partial charge in [-0.15, -0.1) is 0 Å². The SMILES string of the molecule is CC(C)(CCCCCCCCCCCc1ccccc1)CC(=O)O. The molecule has 0 aliphatic heterocycles. The molecule has 0 aromatic heterocycles. The second kappa shape index (κ2) is 12.1. The molecule has 1 rings (SSSR count). The molecular weight excluding hydrogens is 296 g/mol. The van der Waals surface area contributed by atoms with Crippen molar-refractivity contribution in [2.24, 2.45) is 5.41 Å². The van der Waals surface area contributed by atoms with Crippen molar-refractivity contribution in [1.82, 2.24) is 0 Å². The van der Waals surface area contributed by atoms with Gasteiger partial charge in [-0.05, 0) is 30.2 Å².